The Labute approximate surface area is 578 Å². The number of alkyl halides is 2. The molecule has 5 atom stereocenters. The van der Waals surface area contributed by atoms with Gasteiger partial charge in [0.1, 0.15) is 35.3 Å². The maximum atomic E-state index is 15.3. The number of benzene rings is 4. The van der Waals surface area contributed by atoms with Crippen LogP contribution in [0.15, 0.2) is 89.9 Å². The van der Waals surface area contributed by atoms with Gasteiger partial charge in [-0.15, -0.1) is 10.2 Å². The quantitative estimate of drug-likeness (QED) is 0.0567. The van der Waals surface area contributed by atoms with E-state index in [2.05, 4.69) is 64.1 Å². The van der Waals surface area contributed by atoms with Gasteiger partial charge in [0.2, 0.25) is 11.9 Å². The molecule has 526 valence electrons. The van der Waals surface area contributed by atoms with Crippen molar-refractivity contribution in [3.8, 4) is 34.5 Å². The van der Waals surface area contributed by atoms with E-state index in [0.717, 1.165) is 60.2 Å². The van der Waals surface area contributed by atoms with Crippen LogP contribution < -0.4 is 49.3 Å². The van der Waals surface area contributed by atoms with E-state index < -0.39 is 24.0 Å². The summed E-state index contributed by atoms with van der Waals surface area (Å²) in [6.45, 7) is 7.22. The minimum atomic E-state index is -1.07. The largest absolute Gasteiger partial charge is 0.497 e. The third-order valence-corrected chi connectivity index (χ3v) is 19.7. The molecule has 2 saturated carbocycles. The van der Waals surface area contributed by atoms with Crippen LogP contribution in [0.1, 0.15) is 112 Å². The summed E-state index contributed by atoms with van der Waals surface area (Å²) in [5.41, 5.74) is 4.67. The second-order valence-electron chi connectivity index (χ2n) is 26.3. The summed E-state index contributed by atoms with van der Waals surface area (Å²) in [6, 6.07) is 16.8. The summed E-state index contributed by atoms with van der Waals surface area (Å²) in [6.07, 6.45) is 16.8. The molecule has 9 heterocycles. The van der Waals surface area contributed by atoms with Crippen LogP contribution in [0.3, 0.4) is 0 Å². The van der Waals surface area contributed by atoms with Crippen molar-refractivity contribution >= 4 is 66.6 Å². The lowest BCUT2D eigenvalue weighted by molar-refractivity contribution is -0.251. The minimum Gasteiger partial charge on any atom is -0.497 e. The van der Waals surface area contributed by atoms with Crippen LogP contribution in [-0.4, -0.2) is 158 Å². The van der Waals surface area contributed by atoms with E-state index in [9.17, 15) is 13.2 Å². The second kappa shape index (κ2) is 30.0. The van der Waals surface area contributed by atoms with Crippen LogP contribution in [0.25, 0.3) is 33.1 Å². The predicted octanol–water partition coefficient (Wildman–Crippen LogP) is 12.4. The van der Waals surface area contributed by atoms with Gasteiger partial charge < -0.3 is 58.7 Å². The fraction of sp³-hybridized carbons (Fsp3) is 0.486. The predicted molar refractivity (Wildman–Crippen MR) is 368 cm³/mol. The molecule has 6 aromatic heterocycles. The molecule has 5 unspecified atom stereocenters. The first-order valence-corrected chi connectivity index (χ1v) is 34.3. The Morgan fingerprint density at radius 3 is 1.68 bits per heavy atom. The van der Waals surface area contributed by atoms with Crippen molar-refractivity contribution in [3.63, 3.8) is 0 Å². The monoisotopic (exact) mass is 1430 g/mol. The van der Waals surface area contributed by atoms with E-state index >= 15 is 4.39 Å². The summed E-state index contributed by atoms with van der Waals surface area (Å²) in [7, 11) is 9.19. The Morgan fingerprint density at radius 2 is 1.17 bits per heavy atom. The lowest BCUT2D eigenvalue weighted by Gasteiger charge is -2.44. The van der Waals surface area contributed by atoms with Crippen LogP contribution in [-0.2, 0) is 35.7 Å². The zero-order valence-electron chi connectivity index (χ0n) is 56.6. The number of ether oxygens (including phenoxy) is 8. The number of rotatable bonds is 21. The highest BCUT2D eigenvalue weighted by atomic mass is 79.9. The van der Waals surface area contributed by atoms with Crippen molar-refractivity contribution < 1.29 is 55.5 Å². The number of nitrogens with one attached hydrogen (secondary N) is 3. The Hall–Kier alpha value is -8.80. The summed E-state index contributed by atoms with van der Waals surface area (Å²) in [4.78, 5) is 21.0. The number of fused-ring (bicyclic) bond motifs is 6. The van der Waals surface area contributed by atoms with Crippen LogP contribution in [0.5, 0.6) is 34.5 Å². The highest BCUT2D eigenvalue weighted by molar-refractivity contribution is 9.10. The Balaban J connectivity index is 0.000000146. The van der Waals surface area contributed by atoms with Crippen LogP contribution in [0.2, 0.25) is 0 Å². The van der Waals surface area contributed by atoms with Gasteiger partial charge in [-0.3, -0.25) is 9.36 Å². The topological polar surface area (TPSA) is 235 Å². The zero-order valence-corrected chi connectivity index (χ0v) is 58.2. The first-order valence-electron chi connectivity index (χ1n) is 33.5. The summed E-state index contributed by atoms with van der Waals surface area (Å²) < 4.78 is 111. The molecular weight excluding hydrogens is 1350 g/mol. The van der Waals surface area contributed by atoms with Crippen molar-refractivity contribution in [2.75, 3.05) is 91.0 Å². The summed E-state index contributed by atoms with van der Waals surface area (Å²) in [5.74, 6) is 2.98. The van der Waals surface area contributed by atoms with E-state index in [-0.39, 0.29) is 53.6 Å². The fourth-order valence-corrected chi connectivity index (χ4v) is 14.0. The molecule has 4 aromatic carbocycles. The number of halogens is 5. The van der Waals surface area contributed by atoms with Crippen molar-refractivity contribution in [3.05, 3.63) is 124 Å². The van der Waals surface area contributed by atoms with Crippen molar-refractivity contribution in [2.24, 2.45) is 5.41 Å². The number of hydrogen-bond donors (Lipinski definition) is 3. The zero-order chi connectivity index (χ0) is 69.0. The molecule has 29 heteroatoms. The fourth-order valence-electron chi connectivity index (χ4n) is 13.6. The maximum Gasteiger partial charge on any atom is 0.226 e. The lowest BCUT2D eigenvalue weighted by atomic mass is 9.70. The third kappa shape index (κ3) is 15.4. The molecule has 0 spiro atoms. The van der Waals surface area contributed by atoms with Gasteiger partial charge in [-0.1, -0.05) is 13.3 Å². The van der Waals surface area contributed by atoms with Crippen molar-refractivity contribution in [1.82, 2.24) is 64.0 Å². The average Bonchev–Trinajstić information content (AvgIpc) is 1.65. The molecule has 0 radical (unpaired) electrons. The summed E-state index contributed by atoms with van der Waals surface area (Å²) >= 11 is 3.43. The van der Waals surface area contributed by atoms with Crippen LogP contribution in [0, 0.1) is 17.0 Å². The molecule has 5 aliphatic rings. The van der Waals surface area contributed by atoms with E-state index in [1.165, 1.54) is 70.9 Å². The van der Waals surface area contributed by atoms with Crippen molar-refractivity contribution in [2.45, 2.75) is 140 Å². The average molecular weight is 1430 g/mol. The molecule has 10 aromatic rings. The minimum absolute atomic E-state index is 0.00180. The normalized spacial score (nSPS) is 20.2. The molecule has 0 amide bonds. The molecule has 3 N–H and O–H groups in total. The standard InChI is InChI=1S/C33H38F2N8O3.C24H26F2N6O3.C13H19BrN2O2/c1-33(8-5-9-33)19-42-18-23(15-37-42)41-16-21(10-22(34)17-41)30-39-31-25-12-26(35)29(46-4)13-27(25)38-32(43(31)40-30)36-14-20-6-7-24(44-2)11-28(20)45-3;1-33-16-5-4-13(20(7-16)34-2)11-28-24-29-19-9-21(35-3)18(26)8-17(19)23-30-22(31-32(23)24)14-6-15(25)12-27-10-14;14-11-8-15-16(9-11)10-13(5-3-6-13)18-12-4-1-2-7-17-12/h6-7,11-13,15,18,21-22H,5,8-10,14,16-17,19H2,1-4H3,(H,36,38);4-5,7-9,14-15,27H,6,10-12H2,1-3H3,(H,28,29);8-9,12H,1-7,10H2. The van der Waals surface area contributed by atoms with E-state index in [4.69, 9.17) is 53.0 Å². The molecule has 0 bridgehead atoms. The Bertz CT molecular complexity index is 4460. The molecule has 3 aliphatic heterocycles. The van der Waals surface area contributed by atoms with E-state index in [1.54, 1.807) is 55.7 Å². The van der Waals surface area contributed by atoms with Gasteiger partial charge in [0.25, 0.3) is 0 Å². The van der Waals surface area contributed by atoms with Gasteiger partial charge >= 0.3 is 0 Å². The van der Waals surface area contributed by atoms with Gasteiger partial charge in [0, 0.05) is 123 Å². The van der Waals surface area contributed by atoms with Gasteiger partial charge in [-0.25, -0.2) is 37.5 Å². The first kappa shape index (κ1) is 68.7. The van der Waals surface area contributed by atoms with Gasteiger partial charge in [0.05, 0.1) is 88.4 Å². The molecule has 2 aliphatic carbocycles. The number of aromatic nitrogens is 12. The number of nitrogens with zero attached hydrogens (tertiary/aromatic N) is 13. The molecular formula is C70H83BrF4N16O8. The molecule has 24 nitrogen and oxygen atoms in total. The SMILES string of the molecule is Brc1cnn(CC2(OC3CCCCO3)CCC2)c1.COc1ccc(CNc2nc3cc(OC)c(F)cc3c3nc(C4CC(F)CN(c5cnn(CC6(C)CCC6)c5)C4)nn23)c(OC)c1.COc1ccc(CNc2nc3cc(OC)c(F)cc3c3nc(C4CNCC(F)C4)nn23)c(OC)c1. The van der Waals surface area contributed by atoms with E-state index in [0.29, 0.717) is 119 Å². The summed E-state index contributed by atoms with van der Waals surface area (Å²) in [5, 5.41) is 29.1. The molecule has 3 saturated heterocycles. The van der Waals surface area contributed by atoms with Gasteiger partial charge in [-0.2, -0.15) is 19.2 Å². The van der Waals surface area contributed by atoms with Gasteiger partial charge in [-0.05, 0) is 122 Å². The Kier molecular flexibility index (Phi) is 20.8. The van der Waals surface area contributed by atoms with Crippen LogP contribution in [0.4, 0.5) is 35.1 Å². The lowest BCUT2D eigenvalue weighted by Crippen LogP contribution is -2.47. The highest BCUT2D eigenvalue weighted by Gasteiger charge is 2.42. The first-order chi connectivity index (χ1) is 48.0. The maximum absolute atomic E-state index is 15.3. The number of methoxy groups -OCH3 is 6. The molecule has 15 rings (SSSR count). The molecule has 99 heavy (non-hydrogen) atoms. The third-order valence-electron chi connectivity index (χ3n) is 19.3. The van der Waals surface area contributed by atoms with E-state index in [1.807, 2.05) is 63.3 Å². The van der Waals surface area contributed by atoms with Crippen molar-refractivity contribution in [1.29, 1.82) is 0 Å². The second-order valence-corrected chi connectivity index (χ2v) is 27.3. The van der Waals surface area contributed by atoms with Gasteiger partial charge in [0.15, 0.2) is 52.4 Å². The molecule has 5 fully saturated rings. The Morgan fingerprint density at radius 1 is 0.606 bits per heavy atom. The highest BCUT2D eigenvalue weighted by Crippen LogP contribution is 2.43. The number of piperidine rings is 2. The smallest absolute Gasteiger partial charge is 0.226 e. The number of anilines is 3. The number of hydrogen-bond acceptors (Lipinski definition) is 20. The van der Waals surface area contributed by atoms with Crippen LogP contribution >= 0.6 is 15.9 Å².